The van der Waals surface area contributed by atoms with Crippen LogP contribution in [-0.4, -0.2) is 0 Å². The lowest BCUT2D eigenvalue weighted by Crippen LogP contribution is -2.11. The molecule has 14 heavy (non-hydrogen) atoms. The molecule has 0 unspecified atom stereocenters. The van der Waals surface area contributed by atoms with Gasteiger partial charge in [-0.15, -0.1) is 0 Å². The summed E-state index contributed by atoms with van der Waals surface area (Å²) in [6, 6.07) is 0. The van der Waals surface area contributed by atoms with Gasteiger partial charge in [-0.3, -0.25) is 0 Å². The fourth-order valence-electron chi connectivity index (χ4n) is 1.61. The second-order valence-corrected chi connectivity index (χ2v) is 4.59. The van der Waals surface area contributed by atoms with Crippen molar-refractivity contribution in [1.29, 1.82) is 0 Å². The molecule has 0 amide bonds. The Kier molecular flexibility index (Phi) is 5.83. The highest BCUT2D eigenvalue weighted by Crippen LogP contribution is 2.33. The average molecular weight is 194 g/mol. The van der Waals surface area contributed by atoms with Crippen LogP contribution in [0.15, 0.2) is 23.3 Å². The first-order valence-corrected chi connectivity index (χ1v) is 5.94. The second-order valence-electron chi connectivity index (χ2n) is 4.59. The van der Waals surface area contributed by atoms with Gasteiger partial charge in [0.25, 0.3) is 0 Å². The molecular weight excluding hydrogens is 168 g/mol. The molecule has 1 rings (SSSR count). The molecule has 1 aliphatic rings. The van der Waals surface area contributed by atoms with Gasteiger partial charge in [0.2, 0.25) is 0 Å². The molecular formula is C14H26. The first kappa shape index (κ1) is 13.5. The van der Waals surface area contributed by atoms with Crippen molar-refractivity contribution in [3.63, 3.8) is 0 Å². The van der Waals surface area contributed by atoms with Crippen LogP contribution in [0.2, 0.25) is 0 Å². The van der Waals surface area contributed by atoms with Gasteiger partial charge in [-0.05, 0) is 24.7 Å². The summed E-state index contributed by atoms with van der Waals surface area (Å²) >= 11 is 0. The third-order valence-electron chi connectivity index (χ3n) is 2.55. The SMILES string of the molecule is CC.CCC1=CCCC(C(C)(C)C)=C1. The molecule has 0 saturated heterocycles. The molecule has 0 atom stereocenters. The normalized spacial score (nSPS) is 16.4. The maximum absolute atomic E-state index is 2.39. The third kappa shape index (κ3) is 4.13. The Morgan fingerprint density at radius 2 is 1.79 bits per heavy atom. The molecule has 0 N–H and O–H groups in total. The quantitative estimate of drug-likeness (QED) is 0.544. The van der Waals surface area contributed by atoms with Crippen molar-refractivity contribution >= 4 is 0 Å². The van der Waals surface area contributed by atoms with E-state index in [-0.39, 0.29) is 0 Å². The van der Waals surface area contributed by atoms with Crippen LogP contribution in [0.4, 0.5) is 0 Å². The van der Waals surface area contributed by atoms with Crippen LogP contribution in [-0.2, 0) is 0 Å². The number of hydrogen-bond donors (Lipinski definition) is 0. The predicted molar refractivity (Wildman–Crippen MR) is 66.5 cm³/mol. The molecule has 0 aromatic heterocycles. The zero-order valence-electron chi connectivity index (χ0n) is 10.8. The average Bonchev–Trinajstić information content (AvgIpc) is 2.20. The predicted octanol–water partition coefficient (Wildman–Crippen LogP) is 5.12. The maximum Gasteiger partial charge on any atom is -0.0170 e. The van der Waals surface area contributed by atoms with Crippen molar-refractivity contribution in [3.8, 4) is 0 Å². The fourth-order valence-corrected chi connectivity index (χ4v) is 1.61. The first-order chi connectivity index (χ1) is 6.54. The molecule has 0 aliphatic heterocycles. The van der Waals surface area contributed by atoms with Crippen LogP contribution < -0.4 is 0 Å². The molecule has 0 saturated carbocycles. The lowest BCUT2D eigenvalue weighted by atomic mass is 9.80. The summed E-state index contributed by atoms with van der Waals surface area (Å²) in [5.74, 6) is 0. The molecule has 82 valence electrons. The molecule has 0 radical (unpaired) electrons. The number of allylic oxidation sites excluding steroid dienone is 4. The van der Waals surface area contributed by atoms with E-state index in [0.29, 0.717) is 5.41 Å². The molecule has 1 aliphatic carbocycles. The van der Waals surface area contributed by atoms with E-state index >= 15 is 0 Å². The zero-order valence-corrected chi connectivity index (χ0v) is 10.8. The second kappa shape index (κ2) is 6.06. The Balaban J connectivity index is 0.000000791. The van der Waals surface area contributed by atoms with Gasteiger partial charge in [-0.25, -0.2) is 0 Å². The van der Waals surface area contributed by atoms with Crippen molar-refractivity contribution in [2.24, 2.45) is 5.41 Å². The summed E-state index contributed by atoms with van der Waals surface area (Å²) in [7, 11) is 0. The largest absolute Gasteiger partial charge is 0.0810 e. The summed E-state index contributed by atoms with van der Waals surface area (Å²) in [5, 5.41) is 0. The Morgan fingerprint density at radius 1 is 1.21 bits per heavy atom. The lowest BCUT2D eigenvalue weighted by molar-refractivity contribution is 0.480. The first-order valence-electron chi connectivity index (χ1n) is 5.94. The fraction of sp³-hybridized carbons (Fsp3) is 0.714. The molecule has 0 spiro atoms. The van der Waals surface area contributed by atoms with Crippen LogP contribution >= 0.6 is 0 Å². The summed E-state index contributed by atoms with van der Waals surface area (Å²) in [5.41, 5.74) is 3.50. The van der Waals surface area contributed by atoms with Crippen LogP contribution in [0, 0.1) is 5.41 Å². The van der Waals surface area contributed by atoms with Gasteiger partial charge in [0.05, 0.1) is 0 Å². The summed E-state index contributed by atoms with van der Waals surface area (Å²) in [4.78, 5) is 0. The van der Waals surface area contributed by atoms with Crippen molar-refractivity contribution in [2.45, 2.75) is 60.8 Å². The lowest BCUT2D eigenvalue weighted by Gasteiger charge is -2.25. The van der Waals surface area contributed by atoms with Crippen molar-refractivity contribution in [2.75, 3.05) is 0 Å². The van der Waals surface area contributed by atoms with E-state index in [9.17, 15) is 0 Å². The molecule has 0 heterocycles. The summed E-state index contributed by atoms with van der Waals surface area (Å²) in [6.45, 7) is 13.1. The van der Waals surface area contributed by atoms with Crippen molar-refractivity contribution < 1.29 is 0 Å². The van der Waals surface area contributed by atoms with E-state index < -0.39 is 0 Å². The molecule has 0 heteroatoms. The molecule has 0 nitrogen and oxygen atoms in total. The minimum Gasteiger partial charge on any atom is -0.0810 e. The highest BCUT2D eigenvalue weighted by atomic mass is 14.2. The summed E-state index contributed by atoms with van der Waals surface area (Å²) in [6.07, 6.45) is 8.44. The van der Waals surface area contributed by atoms with Crippen LogP contribution in [0.3, 0.4) is 0 Å². The van der Waals surface area contributed by atoms with Gasteiger partial charge >= 0.3 is 0 Å². The van der Waals surface area contributed by atoms with Gasteiger partial charge in [0.15, 0.2) is 0 Å². The maximum atomic E-state index is 2.39. The minimum atomic E-state index is 0.370. The van der Waals surface area contributed by atoms with Crippen LogP contribution in [0.25, 0.3) is 0 Å². The standard InChI is InChI=1S/C12H20.C2H6/c1-5-10-7-6-8-11(9-10)12(2,3)4;1-2/h7,9H,5-6,8H2,1-4H3;1-2H3. The Hall–Kier alpha value is -0.520. The monoisotopic (exact) mass is 194 g/mol. The molecule has 0 bridgehead atoms. The van der Waals surface area contributed by atoms with Gasteiger partial charge < -0.3 is 0 Å². The number of rotatable bonds is 1. The highest BCUT2D eigenvalue weighted by molar-refractivity contribution is 5.30. The van der Waals surface area contributed by atoms with E-state index in [1.807, 2.05) is 13.8 Å². The van der Waals surface area contributed by atoms with E-state index in [4.69, 9.17) is 0 Å². The zero-order chi connectivity index (χ0) is 11.2. The van der Waals surface area contributed by atoms with Crippen LogP contribution in [0.5, 0.6) is 0 Å². The van der Waals surface area contributed by atoms with E-state index in [2.05, 4.69) is 39.8 Å². The smallest absolute Gasteiger partial charge is 0.0170 e. The highest BCUT2D eigenvalue weighted by Gasteiger charge is 2.18. The number of hydrogen-bond acceptors (Lipinski definition) is 0. The Labute approximate surface area is 90.1 Å². The van der Waals surface area contributed by atoms with Gasteiger partial charge in [0.1, 0.15) is 0 Å². The molecule has 0 aromatic rings. The van der Waals surface area contributed by atoms with Gasteiger partial charge in [-0.2, -0.15) is 0 Å². The summed E-state index contributed by atoms with van der Waals surface area (Å²) < 4.78 is 0. The van der Waals surface area contributed by atoms with Crippen molar-refractivity contribution in [3.05, 3.63) is 23.3 Å². The molecule has 0 aromatic carbocycles. The third-order valence-corrected chi connectivity index (χ3v) is 2.55. The Morgan fingerprint density at radius 3 is 2.21 bits per heavy atom. The van der Waals surface area contributed by atoms with E-state index in [0.717, 1.165) is 0 Å². The molecule has 0 fully saturated rings. The Bertz CT molecular complexity index is 211. The van der Waals surface area contributed by atoms with Gasteiger partial charge in [0, 0.05) is 0 Å². The topological polar surface area (TPSA) is 0 Å². The van der Waals surface area contributed by atoms with Crippen molar-refractivity contribution in [1.82, 2.24) is 0 Å². The van der Waals surface area contributed by atoms with E-state index in [1.54, 1.807) is 5.57 Å². The van der Waals surface area contributed by atoms with Gasteiger partial charge in [-0.1, -0.05) is 64.8 Å². The van der Waals surface area contributed by atoms with E-state index in [1.165, 1.54) is 24.8 Å². The minimum absolute atomic E-state index is 0.370. The van der Waals surface area contributed by atoms with Crippen LogP contribution in [0.1, 0.15) is 60.8 Å².